The maximum atomic E-state index is 13.4. The molecule has 2 saturated heterocycles. The van der Waals surface area contributed by atoms with Crippen molar-refractivity contribution < 1.29 is 14.1 Å². The van der Waals surface area contributed by atoms with Crippen LogP contribution in [0.1, 0.15) is 42.8 Å². The average molecular weight is 466 g/mol. The molecule has 0 bridgehead atoms. The van der Waals surface area contributed by atoms with Crippen LogP contribution in [0.4, 0.5) is 0 Å². The van der Waals surface area contributed by atoms with Crippen molar-refractivity contribution in [2.45, 2.75) is 45.8 Å². The number of carbonyl (C=O) groups excluding carboxylic acids is 1. The Morgan fingerprint density at radius 1 is 1.13 bits per heavy atom. The van der Waals surface area contributed by atoms with Gasteiger partial charge in [0.1, 0.15) is 17.0 Å². The van der Waals surface area contributed by atoms with Gasteiger partial charge in [-0.3, -0.25) is 9.69 Å². The largest absolute Gasteiger partial charge is 0.373 e. The smallest absolute Gasteiger partial charge is 0.259 e. The number of piperidine rings is 1. The van der Waals surface area contributed by atoms with E-state index in [1.54, 1.807) is 25.1 Å². The summed E-state index contributed by atoms with van der Waals surface area (Å²) in [4.78, 5) is 17.8. The first kappa shape index (κ1) is 22.6. The van der Waals surface area contributed by atoms with Crippen LogP contribution in [-0.4, -0.2) is 65.8 Å². The summed E-state index contributed by atoms with van der Waals surface area (Å²) >= 11 is 12.7. The van der Waals surface area contributed by atoms with Crippen molar-refractivity contribution in [2.24, 2.45) is 5.92 Å². The maximum absolute atomic E-state index is 13.4. The van der Waals surface area contributed by atoms with Crippen molar-refractivity contribution in [1.82, 2.24) is 15.0 Å². The van der Waals surface area contributed by atoms with E-state index >= 15 is 0 Å². The third-order valence-electron chi connectivity index (χ3n) is 6.19. The topological polar surface area (TPSA) is 58.8 Å². The molecule has 2 fully saturated rings. The highest BCUT2D eigenvalue weighted by Gasteiger charge is 2.32. The third-order valence-corrected chi connectivity index (χ3v) is 6.82. The summed E-state index contributed by atoms with van der Waals surface area (Å²) in [6, 6.07) is 5.24. The lowest BCUT2D eigenvalue weighted by atomic mass is 9.94. The number of aromatic nitrogens is 1. The van der Waals surface area contributed by atoms with Gasteiger partial charge in [-0.1, -0.05) is 34.4 Å². The molecule has 1 aromatic carbocycles. The number of halogens is 2. The van der Waals surface area contributed by atoms with Crippen LogP contribution in [0.15, 0.2) is 22.7 Å². The molecule has 0 radical (unpaired) electrons. The average Bonchev–Trinajstić information content (AvgIpc) is 3.08. The number of likely N-dealkylation sites (tertiary alicyclic amines) is 1. The van der Waals surface area contributed by atoms with Gasteiger partial charge in [-0.05, 0) is 51.7 Å². The van der Waals surface area contributed by atoms with Gasteiger partial charge in [0.25, 0.3) is 5.91 Å². The van der Waals surface area contributed by atoms with Gasteiger partial charge in [0, 0.05) is 38.3 Å². The van der Waals surface area contributed by atoms with E-state index in [4.69, 9.17) is 32.5 Å². The Bertz CT molecular complexity index is 910. The van der Waals surface area contributed by atoms with Gasteiger partial charge in [0.05, 0.1) is 22.3 Å². The van der Waals surface area contributed by atoms with Crippen LogP contribution in [0.3, 0.4) is 0 Å². The molecule has 8 heteroatoms. The number of aryl methyl sites for hydroxylation is 1. The summed E-state index contributed by atoms with van der Waals surface area (Å²) in [5, 5.41) is 5.01. The summed E-state index contributed by atoms with van der Waals surface area (Å²) in [5.74, 6) is 0.994. The molecule has 0 saturated carbocycles. The van der Waals surface area contributed by atoms with Crippen molar-refractivity contribution in [1.29, 1.82) is 0 Å². The van der Waals surface area contributed by atoms with Gasteiger partial charge in [-0.15, -0.1) is 0 Å². The van der Waals surface area contributed by atoms with Crippen LogP contribution in [0.5, 0.6) is 0 Å². The number of rotatable bonds is 4. The molecule has 0 N–H and O–H groups in total. The molecule has 6 nitrogen and oxygen atoms in total. The molecule has 168 valence electrons. The van der Waals surface area contributed by atoms with Crippen LogP contribution in [0.2, 0.25) is 10.0 Å². The van der Waals surface area contributed by atoms with Crippen LogP contribution >= 0.6 is 23.2 Å². The summed E-state index contributed by atoms with van der Waals surface area (Å²) in [6.07, 6.45) is 2.52. The Hall–Kier alpha value is -1.60. The van der Waals surface area contributed by atoms with E-state index < -0.39 is 0 Å². The summed E-state index contributed by atoms with van der Waals surface area (Å²) in [5.41, 5.74) is 1.40. The van der Waals surface area contributed by atoms with Gasteiger partial charge in [0.2, 0.25) is 0 Å². The maximum Gasteiger partial charge on any atom is 0.259 e. The van der Waals surface area contributed by atoms with Crippen molar-refractivity contribution in [3.63, 3.8) is 0 Å². The summed E-state index contributed by atoms with van der Waals surface area (Å²) in [7, 11) is 0. The van der Waals surface area contributed by atoms with Crippen molar-refractivity contribution in [2.75, 3.05) is 32.7 Å². The molecule has 1 amide bonds. The number of morpholine rings is 1. The molecular formula is C23H29Cl2N3O3. The normalized spacial score (nSPS) is 23.3. The fourth-order valence-corrected chi connectivity index (χ4v) is 5.37. The minimum Gasteiger partial charge on any atom is -0.373 e. The highest BCUT2D eigenvalue weighted by molar-refractivity contribution is 6.39. The van der Waals surface area contributed by atoms with E-state index in [9.17, 15) is 4.79 Å². The van der Waals surface area contributed by atoms with Gasteiger partial charge in [-0.25, -0.2) is 0 Å². The van der Waals surface area contributed by atoms with Crippen molar-refractivity contribution >= 4 is 29.1 Å². The molecule has 2 aliphatic heterocycles. The summed E-state index contributed by atoms with van der Waals surface area (Å²) < 4.78 is 11.2. The molecule has 3 heterocycles. The minimum absolute atomic E-state index is 0.0724. The molecule has 4 rings (SSSR count). The number of hydrogen-bond donors (Lipinski definition) is 0. The standard InChI is InChI=1S/C23H29Cl2N3O3/c1-14-11-27(12-15(2)30-14)13-17-7-9-28(10-8-17)23(29)20-16(3)31-26-22(20)21-18(24)5-4-6-19(21)25/h4-6,14-15,17H,7-13H2,1-3H3. The highest BCUT2D eigenvalue weighted by Crippen LogP contribution is 2.37. The molecule has 31 heavy (non-hydrogen) atoms. The number of carbonyl (C=O) groups is 1. The van der Waals surface area contributed by atoms with Gasteiger partial charge in [0.15, 0.2) is 0 Å². The molecular weight excluding hydrogens is 437 g/mol. The lowest BCUT2D eigenvalue weighted by molar-refractivity contribution is -0.0728. The van der Waals surface area contributed by atoms with Gasteiger partial charge in [-0.2, -0.15) is 0 Å². The fraction of sp³-hybridized carbons (Fsp3) is 0.565. The quantitative estimate of drug-likeness (QED) is 0.641. The van der Waals surface area contributed by atoms with Crippen LogP contribution in [0.25, 0.3) is 11.3 Å². The Labute approximate surface area is 193 Å². The van der Waals surface area contributed by atoms with Crippen LogP contribution in [0, 0.1) is 12.8 Å². The van der Waals surface area contributed by atoms with Gasteiger partial charge >= 0.3 is 0 Å². The Morgan fingerprint density at radius 3 is 2.35 bits per heavy atom. The predicted octanol–water partition coefficient (Wildman–Crippen LogP) is 4.92. The van der Waals surface area contributed by atoms with Crippen molar-refractivity contribution in [3.8, 4) is 11.3 Å². The number of ether oxygens (including phenoxy) is 1. The third kappa shape index (κ3) is 4.92. The monoisotopic (exact) mass is 465 g/mol. The number of amides is 1. The zero-order valence-electron chi connectivity index (χ0n) is 18.2. The van der Waals surface area contributed by atoms with E-state index in [1.165, 1.54) is 0 Å². The molecule has 2 atom stereocenters. The first-order valence-electron chi connectivity index (χ1n) is 10.9. The number of nitrogens with zero attached hydrogens (tertiary/aromatic N) is 3. The lowest BCUT2D eigenvalue weighted by Crippen LogP contribution is -2.48. The van der Waals surface area contributed by atoms with Crippen LogP contribution in [-0.2, 0) is 4.74 Å². The molecule has 2 aromatic rings. The molecule has 2 unspecified atom stereocenters. The second kappa shape index (κ2) is 9.49. The van der Waals surface area contributed by atoms with E-state index in [0.717, 1.165) is 45.6 Å². The molecule has 0 aliphatic carbocycles. The Kier molecular flexibility index (Phi) is 6.92. The first-order chi connectivity index (χ1) is 14.8. The molecule has 0 spiro atoms. The van der Waals surface area contributed by atoms with E-state index in [0.29, 0.717) is 38.5 Å². The number of benzene rings is 1. The van der Waals surface area contributed by atoms with E-state index in [2.05, 4.69) is 23.9 Å². The molecule has 1 aromatic heterocycles. The van der Waals surface area contributed by atoms with Gasteiger partial charge < -0.3 is 14.2 Å². The Balaban J connectivity index is 1.44. The molecule has 2 aliphatic rings. The zero-order valence-corrected chi connectivity index (χ0v) is 19.7. The fourth-order valence-electron chi connectivity index (χ4n) is 4.79. The van der Waals surface area contributed by atoms with Crippen LogP contribution < -0.4 is 0 Å². The summed E-state index contributed by atoms with van der Waals surface area (Å²) in [6.45, 7) is 10.5. The van der Waals surface area contributed by atoms with E-state index in [1.807, 2.05) is 4.90 Å². The lowest BCUT2D eigenvalue weighted by Gasteiger charge is -2.39. The van der Waals surface area contributed by atoms with E-state index in [-0.39, 0.29) is 18.1 Å². The zero-order chi connectivity index (χ0) is 22.1. The minimum atomic E-state index is -0.0724. The SMILES string of the molecule is Cc1onc(-c2c(Cl)cccc2Cl)c1C(=O)N1CCC(CN2CC(C)OC(C)C2)CC1. The highest BCUT2D eigenvalue weighted by atomic mass is 35.5. The number of hydrogen-bond acceptors (Lipinski definition) is 5. The first-order valence-corrected chi connectivity index (χ1v) is 11.7. The second-order valence-corrected chi connectivity index (χ2v) is 9.58. The Morgan fingerprint density at radius 2 is 1.74 bits per heavy atom. The van der Waals surface area contributed by atoms with Crippen molar-refractivity contribution in [3.05, 3.63) is 39.6 Å². The second-order valence-electron chi connectivity index (χ2n) is 8.77. The predicted molar refractivity (Wildman–Crippen MR) is 122 cm³/mol.